The molecule has 0 aliphatic carbocycles. The first-order valence-electron chi connectivity index (χ1n) is 10.2. The van der Waals surface area contributed by atoms with E-state index in [-0.39, 0.29) is 16.7 Å². The lowest BCUT2D eigenvalue weighted by molar-refractivity contribution is -0.120. The van der Waals surface area contributed by atoms with E-state index in [0.29, 0.717) is 31.0 Å². The van der Waals surface area contributed by atoms with E-state index in [2.05, 4.69) is 5.32 Å². The van der Waals surface area contributed by atoms with Crippen molar-refractivity contribution in [3.05, 3.63) is 83.9 Å². The first-order valence-corrected chi connectivity index (χ1v) is 12.0. The Labute approximate surface area is 187 Å². The van der Waals surface area contributed by atoms with Gasteiger partial charge in [-0.25, -0.2) is 8.42 Å². The Hall–Kier alpha value is -2.67. The zero-order valence-electron chi connectivity index (χ0n) is 16.9. The van der Waals surface area contributed by atoms with Crippen LogP contribution in [0.15, 0.2) is 83.8 Å². The molecule has 0 saturated carbocycles. The summed E-state index contributed by atoms with van der Waals surface area (Å²) in [6.07, 6.45) is 0.974. The summed E-state index contributed by atoms with van der Waals surface area (Å²) < 4.78 is 27.0. The van der Waals surface area contributed by atoms with Gasteiger partial charge in [0.25, 0.3) is 0 Å². The number of halogens is 1. The first kappa shape index (κ1) is 21.6. The molecule has 31 heavy (non-hydrogen) atoms. The second-order valence-electron chi connectivity index (χ2n) is 7.56. The average molecular weight is 455 g/mol. The van der Waals surface area contributed by atoms with E-state index in [1.165, 1.54) is 16.4 Å². The highest BCUT2D eigenvalue weighted by Gasteiger charge is 2.32. The fourth-order valence-electron chi connectivity index (χ4n) is 3.73. The van der Waals surface area contributed by atoms with Gasteiger partial charge in [0.15, 0.2) is 0 Å². The minimum Gasteiger partial charge on any atom is -0.326 e. The Morgan fingerprint density at radius 1 is 0.839 bits per heavy atom. The number of nitrogens with one attached hydrogen (secondary N) is 1. The van der Waals surface area contributed by atoms with Crippen molar-refractivity contribution in [3.8, 4) is 11.1 Å². The van der Waals surface area contributed by atoms with E-state index in [0.717, 1.165) is 16.8 Å². The molecule has 0 unspecified atom stereocenters. The second kappa shape index (κ2) is 9.22. The predicted molar refractivity (Wildman–Crippen MR) is 123 cm³/mol. The topological polar surface area (TPSA) is 66.5 Å². The normalized spacial score (nSPS) is 15.5. The summed E-state index contributed by atoms with van der Waals surface area (Å²) in [5.74, 6) is -0.290. The molecule has 160 valence electrons. The van der Waals surface area contributed by atoms with Crippen molar-refractivity contribution in [3.63, 3.8) is 0 Å². The van der Waals surface area contributed by atoms with Crippen molar-refractivity contribution in [1.82, 2.24) is 4.31 Å². The van der Waals surface area contributed by atoms with Crippen molar-refractivity contribution in [2.24, 2.45) is 5.92 Å². The number of sulfonamides is 1. The lowest BCUT2D eigenvalue weighted by atomic mass is 9.97. The van der Waals surface area contributed by atoms with Crippen LogP contribution in [-0.2, 0) is 14.8 Å². The van der Waals surface area contributed by atoms with Crippen molar-refractivity contribution in [1.29, 1.82) is 0 Å². The summed E-state index contributed by atoms with van der Waals surface area (Å²) in [6.45, 7) is 0.631. The molecule has 7 heteroatoms. The molecule has 0 atom stereocenters. The van der Waals surface area contributed by atoms with E-state index < -0.39 is 10.0 Å². The van der Waals surface area contributed by atoms with Crippen LogP contribution in [0.2, 0.25) is 5.02 Å². The molecule has 1 N–H and O–H groups in total. The maximum atomic E-state index is 12.8. The molecular formula is C24H23ClN2O3S. The molecule has 0 spiro atoms. The average Bonchev–Trinajstić information content (AvgIpc) is 2.80. The molecule has 4 rings (SSSR count). The third-order valence-corrected chi connectivity index (χ3v) is 7.70. The van der Waals surface area contributed by atoms with Crippen LogP contribution in [0, 0.1) is 5.92 Å². The maximum absolute atomic E-state index is 12.8. The quantitative estimate of drug-likeness (QED) is 0.586. The largest absolute Gasteiger partial charge is 0.326 e. The molecule has 1 fully saturated rings. The van der Waals surface area contributed by atoms with Gasteiger partial charge in [-0.2, -0.15) is 4.31 Å². The second-order valence-corrected chi connectivity index (χ2v) is 9.94. The first-order chi connectivity index (χ1) is 14.9. The van der Waals surface area contributed by atoms with Gasteiger partial charge >= 0.3 is 0 Å². The summed E-state index contributed by atoms with van der Waals surface area (Å²) >= 11 is 5.85. The van der Waals surface area contributed by atoms with Crippen LogP contribution in [0.5, 0.6) is 0 Å². The van der Waals surface area contributed by atoms with Gasteiger partial charge in [0, 0.05) is 29.7 Å². The number of anilines is 1. The van der Waals surface area contributed by atoms with Crippen molar-refractivity contribution in [2.45, 2.75) is 17.7 Å². The lowest BCUT2D eigenvalue weighted by Crippen LogP contribution is -2.41. The molecule has 1 aliphatic rings. The van der Waals surface area contributed by atoms with Gasteiger partial charge in [0.1, 0.15) is 0 Å². The number of hydrogen-bond acceptors (Lipinski definition) is 3. The highest BCUT2D eigenvalue weighted by atomic mass is 35.5. The van der Waals surface area contributed by atoms with Gasteiger partial charge in [-0.3, -0.25) is 4.79 Å². The number of rotatable bonds is 5. The van der Waals surface area contributed by atoms with Gasteiger partial charge in [-0.15, -0.1) is 0 Å². The standard InChI is InChI=1S/C24H23ClN2O3S/c25-21-8-12-23(13-9-21)31(29,30)27-16-14-20(15-17-27)24(28)26-22-10-6-19(7-11-22)18-4-2-1-3-5-18/h1-13,20H,14-17H2,(H,26,28). The zero-order chi connectivity index (χ0) is 21.8. The molecule has 1 saturated heterocycles. The third-order valence-electron chi connectivity index (χ3n) is 5.54. The number of nitrogens with zero attached hydrogens (tertiary/aromatic N) is 1. The van der Waals surface area contributed by atoms with E-state index in [1.807, 2.05) is 54.6 Å². The Morgan fingerprint density at radius 2 is 1.42 bits per heavy atom. The molecule has 1 heterocycles. The van der Waals surface area contributed by atoms with Crippen LogP contribution >= 0.6 is 11.6 Å². The molecule has 0 aromatic heterocycles. The molecule has 1 aliphatic heterocycles. The van der Waals surface area contributed by atoms with Gasteiger partial charge < -0.3 is 5.32 Å². The maximum Gasteiger partial charge on any atom is 0.243 e. The van der Waals surface area contributed by atoms with Crippen LogP contribution in [0.4, 0.5) is 5.69 Å². The predicted octanol–water partition coefficient (Wildman–Crippen LogP) is 5.05. The summed E-state index contributed by atoms with van der Waals surface area (Å²) in [4.78, 5) is 12.9. The zero-order valence-corrected chi connectivity index (χ0v) is 18.4. The Bertz CT molecular complexity index is 1140. The summed E-state index contributed by atoms with van der Waals surface area (Å²) in [5.41, 5.74) is 2.94. The lowest BCUT2D eigenvalue weighted by Gasteiger charge is -2.30. The van der Waals surface area contributed by atoms with Gasteiger partial charge in [-0.1, -0.05) is 54.1 Å². The SMILES string of the molecule is O=C(Nc1ccc(-c2ccccc2)cc1)C1CCN(S(=O)(=O)c2ccc(Cl)cc2)CC1. The number of hydrogen-bond donors (Lipinski definition) is 1. The molecule has 0 radical (unpaired) electrons. The van der Waals surface area contributed by atoms with Crippen molar-refractivity contribution < 1.29 is 13.2 Å². The fourth-order valence-corrected chi connectivity index (χ4v) is 5.33. The third kappa shape index (κ3) is 4.98. The van der Waals surface area contributed by atoms with Crippen LogP contribution in [0.3, 0.4) is 0 Å². The van der Waals surface area contributed by atoms with E-state index in [9.17, 15) is 13.2 Å². The smallest absolute Gasteiger partial charge is 0.243 e. The van der Waals surface area contributed by atoms with E-state index in [1.54, 1.807) is 12.1 Å². The molecule has 3 aromatic carbocycles. The Balaban J connectivity index is 1.34. The monoisotopic (exact) mass is 454 g/mol. The summed E-state index contributed by atoms with van der Waals surface area (Å²) in [7, 11) is -3.57. The Morgan fingerprint density at radius 3 is 2.03 bits per heavy atom. The summed E-state index contributed by atoms with van der Waals surface area (Å²) in [5, 5.41) is 3.45. The number of carbonyl (C=O) groups is 1. The van der Waals surface area contributed by atoms with Crippen LogP contribution in [0.25, 0.3) is 11.1 Å². The number of carbonyl (C=O) groups excluding carboxylic acids is 1. The minimum atomic E-state index is -3.57. The highest BCUT2D eigenvalue weighted by molar-refractivity contribution is 7.89. The summed E-state index contributed by atoms with van der Waals surface area (Å²) in [6, 6.07) is 23.9. The minimum absolute atomic E-state index is 0.0731. The van der Waals surface area contributed by atoms with Crippen molar-refractivity contribution >= 4 is 33.2 Å². The van der Waals surface area contributed by atoms with Gasteiger partial charge in [0.2, 0.25) is 15.9 Å². The number of benzene rings is 3. The van der Waals surface area contributed by atoms with Gasteiger partial charge in [0.05, 0.1) is 4.90 Å². The molecular weight excluding hydrogens is 432 g/mol. The molecule has 1 amide bonds. The highest BCUT2D eigenvalue weighted by Crippen LogP contribution is 2.26. The fraction of sp³-hybridized carbons (Fsp3) is 0.208. The molecule has 0 bridgehead atoms. The van der Waals surface area contributed by atoms with E-state index >= 15 is 0 Å². The van der Waals surface area contributed by atoms with Crippen molar-refractivity contribution in [2.75, 3.05) is 18.4 Å². The number of amides is 1. The van der Waals surface area contributed by atoms with E-state index in [4.69, 9.17) is 11.6 Å². The molecule has 5 nitrogen and oxygen atoms in total. The van der Waals surface area contributed by atoms with Crippen LogP contribution < -0.4 is 5.32 Å². The van der Waals surface area contributed by atoms with Gasteiger partial charge in [-0.05, 0) is 60.4 Å². The molecule has 3 aromatic rings. The number of piperidine rings is 1. The van der Waals surface area contributed by atoms with Crippen LogP contribution in [0.1, 0.15) is 12.8 Å². The Kier molecular flexibility index (Phi) is 6.41. The van der Waals surface area contributed by atoms with Crippen LogP contribution in [-0.4, -0.2) is 31.7 Å².